The monoisotopic (exact) mass is 361 g/mol. The maximum atomic E-state index is 12.5. The molecule has 1 aromatic carbocycles. The van der Waals surface area contributed by atoms with Gasteiger partial charge in [-0.05, 0) is 31.5 Å². The van der Waals surface area contributed by atoms with Gasteiger partial charge < -0.3 is 4.90 Å². The molecule has 0 spiro atoms. The van der Waals surface area contributed by atoms with E-state index in [1.54, 1.807) is 0 Å². The summed E-state index contributed by atoms with van der Waals surface area (Å²) < 4.78 is 1.85. The average molecular weight is 361 g/mol. The van der Waals surface area contributed by atoms with E-state index in [4.69, 9.17) is 0 Å². The third-order valence-corrected chi connectivity index (χ3v) is 5.75. The third kappa shape index (κ3) is 3.00. The lowest BCUT2D eigenvalue weighted by Gasteiger charge is -2.38. The molecule has 6 nitrogen and oxygen atoms in total. The lowest BCUT2D eigenvalue weighted by Crippen LogP contribution is -2.49. The van der Waals surface area contributed by atoms with Crippen LogP contribution in [0.1, 0.15) is 24.6 Å². The number of hydrogen-bond acceptors (Lipinski definition) is 4. The number of aromatic nitrogens is 3. The molecule has 138 valence electrons. The fourth-order valence-electron chi connectivity index (χ4n) is 3.91. The van der Waals surface area contributed by atoms with Gasteiger partial charge in [0.25, 0.3) is 0 Å². The Morgan fingerprint density at radius 2 is 1.85 bits per heavy atom. The van der Waals surface area contributed by atoms with Crippen molar-refractivity contribution in [2.75, 3.05) is 26.7 Å². The van der Waals surface area contributed by atoms with Gasteiger partial charge in [-0.15, -0.1) is 5.10 Å². The molecule has 1 atom stereocenters. The van der Waals surface area contributed by atoms with Crippen LogP contribution in [0.3, 0.4) is 0 Å². The van der Waals surface area contributed by atoms with Crippen LogP contribution in [-0.2, 0) is 4.79 Å². The second-order valence-electron chi connectivity index (χ2n) is 7.64. The molecular weight excluding hydrogens is 338 g/mol. The van der Waals surface area contributed by atoms with E-state index in [0.29, 0.717) is 12.5 Å². The number of pyridine rings is 1. The quantitative estimate of drug-likeness (QED) is 0.720. The molecule has 0 N–H and O–H groups in total. The van der Waals surface area contributed by atoms with E-state index < -0.39 is 0 Å². The average Bonchev–Trinajstić information content (AvgIpc) is 3.48. The number of carbonyl (C=O) groups excluding carboxylic acids is 1. The molecule has 1 amide bonds. The molecule has 1 aliphatic heterocycles. The highest BCUT2D eigenvalue weighted by molar-refractivity contribution is 5.81. The molecule has 0 bridgehead atoms. The molecule has 2 fully saturated rings. The summed E-state index contributed by atoms with van der Waals surface area (Å²) in [5.41, 5.74) is 4.23. The summed E-state index contributed by atoms with van der Waals surface area (Å²) in [4.78, 5) is 16.8. The van der Waals surface area contributed by atoms with Crippen LogP contribution < -0.4 is 0 Å². The third-order valence-electron chi connectivity index (χ3n) is 5.75. The molecule has 6 heteroatoms. The van der Waals surface area contributed by atoms with Crippen LogP contribution >= 0.6 is 0 Å². The molecule has 3 aromatic rings. The number of benzene rings is 1. The van der Waals surface area contributed by atoms with Crippen LogP contribution in [0.4, 0.5) is 0 Å². The standard InChI is InChI=1S/C21H23N5O/c1-24-11-12-25(21(27)16-7-8-16)14-19(24)20-18-10-9-17(13-26(18)23-22-20)15-5-3-2-4-6-15/h2-6,9-10,13,16,19H,7-8,11-12,14H2,1H3/t19-/m1/s1. The Labute approximate surface area is 158 Å². The van der Waals surface area contributed by atoms with Crippen LogP contribution in [0.15, 0.2) is 48.7 Å². The summed E-state index contributed by atoms with van der Waals surface area (Å²) in [5, 5.41) is 8.86. The number of rotatable bonds is 3. The van der Waals surface area contributed by atoms with Crippen molar-refractivity contribution < 1.29 is 4.79 Å². The van der Waals surface area contributed by atoms with Crippen LogP contribution in [0.25, 0.3) is 16.6 Å². The molecule has 0 radical (unpaired) electrons. The Balaban J connectivity index is 1.46. The van der Waals surface area contributed by atoms with Crippen LogP contribution in [-0.4, -0.2) is 57.2 Å². The first-order valence-electron chi connectivity index (χ1n) is 9.60. The second kappa shape index (κ2) is 6.46. The van der Waals surface area contributed by atoms with Gasteiger partial charge in [0, 0.05) is 37.3 Å². The van der Waals surface area contributed by atoms with Gasteiger partial charge in [0.15, 0.2) is 0 Å². The van der Waals surface area contributed by atoms with E-state index in [1.807, 2.05) is 33.8 Å². The van der Waals surface area contributed by atoms with Crippen molar-refractivity contribution >= 4 is 11.4 Å². The number of piperazine rings is 1. The van der Waals surface area contributed by atoms with E-state index in [0.717, 1.165) is 48.3 Å². The zero-order chi connectivity index (χ0) is 18.4. The van der Waals surface area contributed by atoms with Crippen molar-refractivity contribution in [3.05, 3.63) is 54.4 Å². The summed E-state index contributed by atoms with van der Waals surface area (Å²) in [6, 6.07) is 14.6. The topological polar surface area (TPSA) is 53.7 Å². The van der Waals surface area contributed by atoms with Crippen molar-refractivity contribution in [2.24, 2.45) is 5.92 Å². The number of hydrogen-bond donors (Lipinski definition) is 0. The number of carbonyl (C=O) groups is 1. The van der Waals surface area contributed by atoms with Crippen molar-refractivity contribution in [1.29, 1.82) is 0 Å². The summed E-state index contributed by atoms with van der Waals surface area (Å²) >= 11 is 0. The molecule has 2 aliphatic rings. The fraction of sp³-hybridized carbons (Fsp3) is 0.381. The molecule has 2 aromatic heterocycles. The van der Waals surface area contributed by atoms with E-state index in [1.165, 1.54) is 0 Å². The SMILES string of the molecule is CN1CCN(C(=O)C2CC2)C[C@@H]1c1nnn2cc(-c3ccccc3)ccc12. The first-order chi connectivity index (χ1) is 13.2. The highest BCUT2D eigenvalue weighted by atomic mass is 16.2. The summed E-state index contributed by atoms with van der Waals surface area (Å²) in [7, 11) is 2.10. The zero-order valence-corrected chi connectivity index (χ0v) is 15.5. The van der Waals surface area contributed by atoms with E-state index in [-0.39, 0.29) is 12.0 Å². The largest absolute Gasteiger partial charge is 0.339 e. The van der Waals surface area contributed by atoms with Gasteiger partial charge in [0.2, 0.25) is 5.91 Å². The molecular formula is C21H23N5O. The predicted octanol–water partition coefficient (Wildman–Crippen LogP) is 2.62. The van der Waals surface area contributed by atoms with Gasteiger partial charge in [-0.3, -0.25) is 9.69 Å². The lowest BCUT2D eigenvalue weighted by atomic mass is 10.1. The van der Waals surface area contributed by atoms with Gasteiger partial charge in [0.05, 0.1) is 11.6 Å². The first-order valence-corrected chi connectivity index (χ1v) is 9.60. The van der Waals surface area contributed by atoms with Crippen molar-refractivity contribution in [2.45, 2.75) is 18.9 Å². The van der Waals surface area contributed by atoms with Crippen LogP contribution in [0, 0.1) is 5.92 Å². The maximum absolute atomic E-state index is 12.5. The molecule has 1 aliphatic carbocycles. The highest BCUT2D eigenvalue weighted by Gasteiger charge is 2.37. The summed E-state index contributed by atoms with van der Waals surface area (Å²) in [5.74, 6) is 0.579. The number of likely N-dealkylation sites (N-methyl/N-ethyl adjacent to an activating group) is 1. The number of nitrogens with zero attached hydrogens (tertiary/aromatic N) is 5. The van der Waals surface area contributed by atoms with Crippen molar-refractivity contribution in [1.82, 2.24) is 24.6 Å². The fourth-order valence-corrected chi connectivity index (χ4v) is 3.91. The minimum Gasteiger partial charge on any atom is -0.339 e. The number of fused-ring (bicyclic) bond motifs is 1. The van der Waals surface area contributed by atoms with Crippen molar-refractivity contribution in [3.63, 3.8) is 0 Å². The Hall–Kier alpha value is -2.73. The minimum atomic E-state index is 0.0847. The lowest BCUT2D eigenvalue weighted by molar-refractivity contribution is -0.135. The first kappa shape index (κ1) is 16.4. The summed E-state index contributed by atoms with van der Waals surface area (Å²) in [6.45, 7) is 2.37. The van der Waals surface area contributed by atoms with Gasteiger partial charge in [-0.25, -0.2) is 4.52 Å². The normalized spacial score (nSPS) is 20.9. The Kier molecular flexibility index (Phi) is 3.93. The molecule has 1 saturated carbocycles. The molecule has 3 heterocycles. The molecule has 27 heavy (non-hydrogen) atoms. The van der Waals surface area contributed by atoms with Crippen LogP contribution in [0.5, 0.6) is 0 Å². The Morgan fingerprint density at radius 3 is 2.63 bits per heavy atom. The maximum Gasteiger partial charge on any atom is 0.225 e. The Bertz CT molecular complexity index is 979. The molecule has 1 saturated heterocycles. The van der Waals surface area contributed by atoms with Crippen LogP contribution in [0.2, 0.25) is 0 Å². The van der Waals surface area contributed by atoms with E-state index in [2.05, 4.69) is 46.5 Å². The van der Waals surface area contributed by atoms with Gasteiger partial charge in [0.1, 0.15) is 5.69 Å². The van der Waals surface area contributed by atoms with Gasteiger partial charge in [-0.1, -0.05) is 41.6 Å². The number of amides is 1. The predicted molar refractivity (Wildman–Crippen MR) is 103 cm³/mol. The van der Waals surface area contributed by atoms with E-state index >= 15 is 0 Å². The van der Waals surface area contributed by atoms with E-state index in [9.17, 15) is 4.79 Å². The van der Waals surface area contributed by atoms with Gasteiger partial charge >= 0.3 is 0 Å². The highest BCUT2D eigenvalue weighted by Crippen LogP contribution is 2.34. The van der Waals surface area contributed by atoms with Gasteiger partial charge in [-0.2, -0.15) is 0 Å². The minimum absolute atomic E-state index is 0.0847. The molecule has 0 unspecified atom stereocenters. The smallest absolute Gasteiger partial charge is 0.225 e. The molecule has 5 rings (SSSR count). The van der Waals surface area contributed by atoms with Crippen molar-refractivity contribution in [3.8, 4) is 11.1 Å². The zero-order valence-electron chi connectivity index (χ0n) is 15.5. The Morgan fingerprint density at radius 1 is 1.04 bits per heavy atom. The second-order valence-corrected chi connectivity index (χ2v) is 7.64. The summed E-state index contributed by atoms with van der Waals surface area (Å²) in [6.07, 6.45) is 4.12.